The van der Waals surface area contributed by atoms with Crippen molar-refractivity contribution in [1.82, 2.24) is 0 Å². The minimum atomic E-state index is 0.556. The molecule has 0 radical (unpaired) electrons. The van der Waals surface area contributed by atoms with Crippen LogP contribution in [0.4, 0.5) is 0 Å². The third kappa shape index (κ3) is 3.30. The first-order chi connectivity index (χ1) is 9.61. The highest BCUT2D eigenvalue weighted by Gasteiger charge is 2.39. The predicted octanol–water partition coefficient (Wildman–Crippen LogP) is 6.15. The SMILES string of the molecule is CC(C)Cc1ccc(C(Br)CC2CC3CCC2C3)cc1. The Hall–Kier alpha value is -0.300. The minimum Gasteiger partial charge on any atom is -0.0839 e. The highest BCUT2D eigenvalue weighted by molar-refractivity contribution is 9.09. The van der Waals surface area contributed by atoms with Crippen LogP contribution >= 0.6 is 15.9 Å². The highest BCUT2D eigenvalue weighted by Crippen LogP contribution is 2.51. The summed E-state index contributed by atoms with van der Waals surface area (Å²) in [6, 6.07) is 9.32. The Morgan fingerprint density at radius 1 is 1.10 bits per heavy atom. The van der Waals surface area contributed by atoms with Gasteiger partial charge in [0.15, 0.2) is 0 Å². The van der Waals surface area contributed by atoms with Crippen LogP contribution in [0.3, 0.4) is 0 Å². The number of fused-ring (bicyclic) bond motifs is 2. The molecule has 0 amide bonds. The fourth-order valence-electron chi connectivity index (χ4n) is 4.40. The zero-order chi connectivity index (χ0) is 14.1. The third-order valence-electron chi connectivity index (χ3n) is 5.38. The Morgan fingerprint density at radius 3 is 2.40 bits per heavy atom. The van der Waals surface area contributed by atoms with Crippen molar-refractivity contribution < 1.29 is 0 Å². The molecule has 1 aromatic carbocycles. The van der Waals surface area contributed by atoms with E-state index in [1.54, 1.807) is 0 Å². The summed E-state index contributed by atoms with van der Waals surface area (Å²) >= 11 is 3.94. The van der Waals surface area contributed by atoms with Crippen molar-refractivity contribution >= 4 is 15.9 Å². The molecule has 0 saturated heterocycles. The number of alkyl halides is 1. The van der Waals surface area contributed by atoms with Gasteiger partial charge in [0.25, 0.3) is 0 Å². The molecule has 2 saturated carbocycles. The van der Waals surface area contributed by atoms with Crippen molar-refractivity contribution in [3.63, 3.8) is 0 Å². The molecule has 2 fully saturated rings. The van der Waals surface area contributed by atoms with Gasteiger partial charge in [0, 0.05) is 4.83 Å². The van der Waals surface area contributed by atoms with Gasteiger partial charge in [0.05, 0.1) is 0 Å². The molecular formula is C19H27Br. The molecule has 110 valence electrons. The van der Waals surface area contributed by atoms with Crippen molar-refractivity contribution in [2.24, 2.45) is 23.7 Å². The van der Waals surface area contributed by atoms with Crippen LogP contribution in [0.25, 0.3) is 0 Å². The molecule has 2 aliphatic carbocycles. The van der Waals surface area contributed by atoms with E-state index in [0.29, 0.717) is 4.83 Å². The summed E-state index contributed by atoms with van der Waals surface area (Å²) < 4.78 is 0. The van der Waals surface area contributed by atoms with E-state index in [-0.39, 0.29) is 0 Å². The first-order valence-electron chi connectivity index (χ1n) is 8.34. The van der Waals surface area contributed by atoms with Crippen LogP contribution in [-0.4, -0.2) is 0 Å². The van der Waals surface area contributed by atoms with Gasteiger partial charge >= 0.3 is 0 Å². The fourth-order valence-corrected chi connectivity index (χ4v) is 5.19. The molecule has 4 unspecified atom stereocenters. The third-order valence-corrected chi connectivity index (χ3v) is 6.28. The lowest BCUT2D eigenvalue weighted by atomic mass is 9.84. The van der Waals surface area contributed by atoms with E-state index in [4.69, 9.17) is 0 Å². The maximum atomic E-state index is 3.94. The van der Waals surface area contributed by atoms with Crippen molar-refractivity contribution in [3.8, 4) is 0 Å². The monoisotopic (exact) mass is 334 g/mol. The van der Waals surface area contributed by atoms with Gasteiger partial charge in [0.2, 0.25) is 0 Å². The van der Waals surface area contributed by atoms with Crippen molar-refractivity contribution in [3.05, 3.63) is 35.4 Å². The first kappa shape index (κ1) is 14.6. The van der Waals surface area contributed by atoms with Gasteiger partial charge in [-0.15, -0.1) is 0 Å². The molecule has 2 bridgehead atoms. The maximum absolute atomic E-state index is 3.94. The van der Waals surface area contributed by atoms with Gasteiger partial charge in [0.1, 0.15) is 0 Å². The van der Waals surface area contributed by atoms with Gasteiger partial charge < -0.3 is 0 Å². The lowest BCUT2D eigenvalue weighted by molar-refractivity contribution is 0.314. The fraction of sp³-hybridized carbons (Fsp3) is 0.684. The second-order valence-electron chi connectivity index (χ2n) is 7.48. The second-order valence-corrected chi connectivity index (χ2v) is 8.58. The van der Waals surface area contributed by atoms with E-state index in [9.17, 15) is 0 Å². The van der Waals surface area contributed by atoms with Gasteiger partial charge in [-0.2, -0.15) is 0 Å². The van der Waals surface area contributed by atoms with E-state index in [2.05, 4.69) is 54.0 Å². The van der Waals surface area contributed by atoms with Crippen LogP contribution in [0.2, 0.25) is 0 Å². The standard InChI is InChI=1S/C19H27Br/c1-13(2)9-14-3-6-16(7-4-14)19(20)12-18-11-15-5-8-17(18)10-15/h3-4,6-7,13,15,17-19H,5,8-12H2,1-2H3. The smallest absolute Gasteiger partial charge is 0.0398 e. The maximum Gasteiger partial charge on any atom is 0.0398 e. The Balaban J connectivity index is 1.58. The summed E-state index contributed by atoms with van der Waals surface area (Å²) in [7, 11) is 0. The molecule has 0 aliphatic heterocycles. The Kier molecular flexibility index (Phi) is 4.55. The van der Waals surface area contributed by atoms with Gasteiger partial charge in [-0.25, -0.2) is 0 Å². The van der Waals surface area contributed by atoms with Crippen LogP contribution < -0.4 is 0 Å². The summed E-state index contributed by atoms with van der Waals surface area (Å²) in [6.45, 7) is 4.58. The predicted molar refractivity (Wildman–Crippen MR) is 90.2 cm³/mol. The molecule has 1 heteroatoms. The van der Waals surface area contributed by atoms with E-state index in [1.807, 2.05) is 0 Å². The molecule has 2 aliphatic rings. The van der Waals surface area contributed by atoms with Crippen LogP contribution in [-0.2, 0) is 6.42 Å². The molecule has 0 spiro atoms. The average molecular weight is 335 g/mol. The molecule has 20 heavy (non-hydrogen) atoms. The molecule has 0 aromatic heterocycles. The second kappa shape index (κ2) is 6.22. The van der Waals surface area contributed by atoms with E-state index < -0.39 is 0 Å². The summed E-state index contributed by atoms with van der Waals surface area (Å²) in [6.07, 6.45) is 8.57. The zero-order valence-corrected chi connectivity index (χ0v) is 14.4. The van der Waals surface area contributed by atoms with Crippen LogP contribution in [0.15, 0.2) is 24.3 Å². The van der Waals surface area contributed by atoms with Crippen molar-refractivity contribution in [2.45, 2.75) is 57.2 Å². The minimum absolute atomic E-state index is 0.556. The van der Waals surface area contributed by atoms with Crippen molar-refractivity contribution in [1.29, 1.82) is 0 Å². The largest absolute Gasteiger partial charge is 0.0839 e. The molecule has 1 aromatic rings. The Morgan fingerprint density at radius 2 is 1.85 bits per heavy atom. The first-order valence-corrected chi connectivity index (χ1v) is 9.26. The number of hydrogen-bond donors (Lipinski definition) is 0. The number of benzene rings is 1. The zero-order valence-electron chi connectivity index (χ0n) is 12.8. The van der Waals surface area contributed by atoms with Crippen LogP contribution in [0, 0.1) is 23.7 Å². The summed E-state index contributed by atoms with van der Waals surface area (Å²) in [5, 5.41) is 0. The van der Waals surface area contributed by atoms with Gasteiger partial charge in [-0.05, 0) is 66.9 Å². The molecule has 4 atom stereocenters. The van der Waals surface area contributed by atoms with Crippen LogP contribution in [0.1, 0.15) is 61.9 Å². The van der Waals surface area contributed by atoms with Gasteiger partial charge in [-0.1, -0.05) is 60.5 Å². The summed E-state index contributed by atoms with van der Waals surface area (Å²) in [5.74, 6) is 3.83. The lowest BCUT2D eigenvalue weighted by Gasteiger charge is -2.24. The quantitative estimate of drug-likeness (QED) is 0.566. The molecule has 3 rings (SSSR count). The highest BCUT2D eigenvalue weighted by atomic mass is 79.9. The van der Waals surface area contributed by atoms with Crippen LogP contribution in [0.5, 0.6) is 0 Å². The summed E-state index contributed by atoms with van der Waals surface area (Å²) in [4.78, 5) is 0.556. The van der Waals surface area contributed by atoms with E-state index in [1.165, 1.54) is 49.7 Å². The Labute approximate surface area is 132 Å². The molecular weight excluding hydrogens is 308 g/mol. The molecule has 0 N–H and O–H groups in total. The van der Waals surface area contributed by atoms with Gasteiger partial charge in [-0.3, -0.25) is 0 Å². The van der Waals surface area contributed by atoms with E-state index >= 15 is 0 Å². The summed E-state index contributed by atoms with van der Waals surface area (Å²) in [5.41, 5.74) is 2.95. The van der Waals surface area contributed by atoms with E-state index in [0.717, 1.165) is 23.7 Å². The number of hydrogen-bond acceptors (Lipinski definition) is 0. The molecule has 0 nitrogen and oxygen atoms in total. The topological polar surface area (TPSA) is 0 Å². The average Bonchev–Trinajstić information content (AvgIpc) is 3.01. The Bertz CT molecular complexity index is 434. The lowest BCUT2D eigenvalue weighted by Crippen LogP contribution is -2.12. The number of halogens is 1. The normalized spacial score (nSPS) is 30.1. The van der Waals surface area contributed by atoms with Crippen molar-refractivity contribution in [2.75, 3.05) is 0 Å². The number of rotatable bonds is 5. The molecule has 0 heterocycles.